The van der Waals surface area contributed by atoms with E-state index in [0.29, 0.717) is 22.9 Å². The van der Waals surface area contributed by atoms with E-state index in [9.17, 15) is 0 Å². The second kappa shape index (κ2) is 8.91. The van der Waals surface area contributed by atoms with E-state index in [0.717, 1.165) is 22.6 Å². The number of benzene rings is 4. The van der Waals surface area contributed by atoms with Crippen molar-refractivity contribution in [1.82, 2.24) is 0 Å². The highest BCUT2D eigenvalue weighted by atomic mass is 16.5. The van der Waals surface area contributed by atoms with Crippen molar-refractivity contribution in [3.63, 3.8) is 0 Å². The van der Waals surface area contributed by atoms with Gasteiger partial charge in [-0.3, -0.25) is 0 Å². The second-order valence-corrected chi connectivity index (χ2v) is 8.87. The number of rotatable bonds is 6. The zero-order valence-corrected chi connectivity index (χ0v) is 19.6. The van der Waals surface area contributed by atoms with Crippen LogP contribution in [-0.4, -0.2) is 0 Å². The minimum atomic E-state index is -0.204. The molecule has 0 aliphatic heterocycles. The minimum absolute atomic E-state index is 0.204. The van der Waals surface area contributed by atoms with Crippen LogP contribution in [0, 0.1) is 13.8 Å². The van der Waals surface area contributed by atoms with E-state index in [2.05, 4.69) is 52.0 Å². The summed E-state index contributed by atoms with van der Waals surface area (Å²) in [4.78, 5) is 0. The van der Waals surface area contributed by atoms with Crippen LogP contribution >= 0.6 is 0 Å². The third-order valence-electron chi connectivity index (χ3n) is 6.07. The Bertz CT molecular complexity index is 1200. The molecule has 4 heteroatoms. The lowest BCUT2D eigenvalue weighted by Crippen LogP contribution is -2.19. The molecule has 0 atom stereocenters. The first-order valence-corrected chi connectivity index (χ1v) is 11.0. The van der Waals surface area contributed by atoms with Crippen molar-refractivity contribution >= 4 is 11.4 Å². The third-order valence-corrected chi connectivity index (χ3v) is 6.07. The smallest absolute Gasteiger partial charge is 0.150 e. The first kappa shape index (κ1) is 22.3. The Morgan fingerprint density at radius 3 is 1.30 bits per heavy atom. The number of aryl methyl sites for hydroxylation is 2. The summed E-state index contributed by atoms with van der Waals surface area (Å²) in [6.07, 6.45) is 0. The highest BCUT2D eigenvalue weighted by Crippen LogP contribution is 2.38. The molecule has 4 nitrogen and oxygen atoms in total. The van der Waals surface area contributed by atoms with Gasteiger partial charge in [-0.05, 0) is 72.5 Å². The average Bonchev–Trinajstić information content (AvgIpc) is 2.79. The lowest BCUT2D eigenvalue weighted by atomic mass is 9.77. The maximum absolute atomic E-state index is 6.06. The van der Waals surface area contributed by atoms with Gasteiger partial charge < -0.3 is 20.9 Å². The molecule has 0 aromatic heterocycles. The Hall–Kier alpha value is -3.92. The number of hydrogen-bond acceptors (Lipinski definition) is 4. The van der Waals surface area contributed by atoms with Crippen LogP contribution in [0.3, 0.4) is 0 Å². The van der Waals surface area contributed by atoms with Crippen LogP contribution in [0.4, 0.5) is 11.4 Å². The fourth-order valence-electron chi connectivity index (χ4n) is 3.86. The predicted octanol–water partition coefficient (Wildman–Crippen LogP) is 7.38. The molecular weight excluding hydrogens is 408 g/mol. The van der Waals surface area contributed by atoms with E-state index in [1.807, 2.05) is 60.7 Å². The Balaban J connectivity index is 1.59. The van der Waals surface area contributed by atoms with Crippen molar-refractivity contribution in [2.24, 2.45) is 0 Å². The van der Waals surface area contributed by atoms with Crippen molar-refractivity contribution < 1.29 is 9.47 Å². The normalized spacial score (nSPS) is 11.3. The highest BCUT2D eigenvalue weighted by molar-refractivity contribution is 5.56. The molecule has 0 aliphatic carbocycles. The molecule has 0 aliphatic rings. The van der Waals surface area contributed by atoms with Gasteiger partial charge in [-0.25, -0.2) is 0 Å². The number of nitrogens with two attached hydrogens (primary N) is 2. The van der Waals surface area contributed by atoms with Crippen molar-refractivity contribution in [3.8, 4) is 23.0 Å². The SMILES string of the molecule is Cc1cc(C(C)(C)c2ccc(Oc3ccccc3N)c(C)c2)ccc1Oc1ccccc1N. The molecule has 4 rings (SSSR count). The van der Waals surface area contributed by atoms with E-state index in [1.54, 1.807) is 0 Å². The zero-order chi connectivity index (χ0) is 23.6. The Morgan fingerprint density at radius 2 is 0.939 bits per heavy atom. The van der Waals surface area contributed by atoms with Crippen molar-refractivity contribution in [3.05, 3.63) is 107 Å². The fourth-order valence-corrected chi connectivity index (χ4v) is 3.86. The molecule has 4 aromatic rings. The fraction of sp³-hybridized carbons (Fsp3) is 0.172. The van der Waals surface area contributed by atoms with Gasteiger partial charge in [0.25, 0.3) is 0 Å². The van der Waals surface area contributed by atoms with Gasteiger partial charge in [0.05, 0.1) is 11.4 Å². The van der Waals surface area contributed by atoms with E-state index >= 15 is 0 Å². The van der Waals surface area contributed by atoms with Crippen molar-refractivity contribution in [2.45, 2.75) is 33.1 Å². The molecule has 4 N–H and O–H groups in total. The molecule has 0 amide bonds. The largest absolute Gasteiger partial charge is 0.455 e. The summed E-state index contributed by atoms with van der Waals surface area (Å²) in [6.45, 7) is 8.56. The molecule has 168 valence electrons. The topological polar surface area (TPSA) is 70.5 Å². The molecular formula is C29H30N2O2. The number of ether oxygens (including phenoxy) is 2. The number of hydrogen-bond donors (Lipinski definition) is 2. The molecule has 0 saturated heterocycles. The first-order chi connectivity index (χ1) is 15.8. The molecule has 4 aromatic carbocycles. The van der Waals surface area contributed by atoms with Gasteiger partial charge >= 0.3 is 0 Å². The van der Waals surface area contributed by atoms with Crippen LogP contribution in [0.2, 0.25) is 0 Å². The Morgan fingerprint density at radius 1 is 0.545 bits per heavy atom. The third kappa shape index (κ3) is 4.65. The van der Waals surface area contributed by atoms with Gasteiger partial charge in [-0.1, -0.05) is 62.4 Å². The standard InChI is InChI=1S/C29H30N2O2/c1-19-17-21(13-15-25(19)32-27-11-7-5-9-23(27)30)29(3,4)22-14-16-26(20(2)18-22)33-28-12-8-6-10-24(28)31/h5-18H,30-31H2,1-4H3. The van der Waals surface area contributed by atoms with E-state index < -0.39 is 0 Å². The molecule has 0 bridgehead atoms. The Kier molecular flexibility index (Phi) is 6.01. The van der Waals surface area contributed by atoms with Gasteiger partial charge in [-0.2, -0.15) is 0 Å². The maximum Gasteiger partial charge on any atom is 0.150 e. The summed E-state index contributed by atoms with van der Waals surface area (Å²) >= 11 is 0. The summed E-state index contributed by atoms with van der Waals surface area (Å²) in [5.41, 5.74) is 17.6. The maximum atomic E-state index is 6.06. The molecule has 0 spiro atoms. The average molecular weight is 439 g/mol. The summed E-state index contributed by atoms with van der Waals surface area (Å²) in [5, 5.41) is 0. The van der Waals surface area contributed by atoms with Crippen LogP contribution in [0.15, 0.2) is 84.9 Å². The van der Waals surface area contributed by atoms with Crippen LogP contribution in [-0.2, 0) is 5.41 Å². The number of para-hydroxylation sites is 4. The van der Waals surface area contributed by atoms with Crippen molar-refractivity contribution in [2.75, 3.05) is 11.5 Å². The Labute approximate surface area is 195 Å². The van der Waals surface area contributed by atoms with Gasteiger partial charge in [0.1, 0.15) is 23.0 Å². The summed E-state index contributed by atoms with van der Waals surface area (Å²) in [5.74, 6) is 2.93. The van der Waals surface area contributed by atoms with Crippen LogP contribution < -0.4 is 20.9 Å². The van der Waals surface area contributed by atoms with E-state index in [-0.39, 0.29) is 5.41 Å². The second-order valence-electron chi connectivity index (χ2n) is 8.87. The lowest BCUT2D eigenvalue weighted by Gasteiger charge is -2.28. The summed E-state index contributed by atoms with van der Waals surface area (Å²) < 4.78 is 12.1. The molecule has 0 unspecified atom stereocenters. The van der Waals surface area contributed by atoms with Gasteiger partial charge in [0.2, 0.25) is 0 Å². The number of nitrogen functional groups attached to an aromatic ring is 2. The van der Waals surface area contributed by atoms with Crippen molar-refractivity contribution in [1.29, 1.82) is 0 Å². The molecule has 0 radical (unpaired) electrons. The molecule has 33 heavy (non-hydrogen) atoms. The zero-order valence-electron chi connectivity index (χ0n) is 19.6. The van der Waals surface area contributed by atoms with Gasteiger partial charge in [-0.15, -0.1) is 0 Å². The minimum Gasteiger partial charge on any atom is -0.455 e. The first-order valence-electron chi connectivity index (χ1n) is 11.0. The lowest BCUT2D eigenvalue weighted by molar-refractivity contribution is 0.479. The van der Waals surface area contributed by atoms with Gasteiger partial charge in [0.15, 0.2) is 0 Å². The quantitative estimate of drug-likeness (QED) is 0.308. The summed E-state index contributed by atoms with van der Waals surface area (Å²) in [6, 6.07) is 27.7. The summed E-state index contributed by atoms with van der Waals surface area (Å²) in [7, 11) is 0. The highest BCUT2D eigenvalue weighted by Gasteiger charge is 2.25. The monoisotopic (exact) mass is 438 g/mol. The number of anilines is 2. The predicted molar refractivity (Wildman–Crippen MR) is 136 cm³/mol. The molecule has 0 saturated carbocycles. The van der Waals surface area contributed by atoms with E-state index in [1.165, 1.54) is 11.1 Å². The van der Waals surface area contributed by atoms with Gasteiger partial charge in [0, 0.05) is 5.41 Å². The van der Waals surface area contributed by atoms with E-state index in [4.69, 9.17) is 20.9 Å². The molecule has 0 fully saturated rings. The van der Waals surface area contributed by atoms with Crippen LogP contribution in [0.1, 0.15) is 36.1 Å². The van der Waals surface area contributed by atoms with Crippen LogP contribution in [0.25, 0.3) is 0 Å². The van der Waals surface area contributed by atoms with Crippen LogP contribution in [0.5, 0.6) is 23.0 Å². The molecule has 0 heterocycles.